The van der Waals surface area contributed by atoms with Gasteiger partial charge in [-0.1, -0.05) is 38.1 Å². The normalized spacial score (nSPS) is 32.7. The Morgan fingerprint density at radius 3 is 2.36 bits per heavy atom. The molecule has 1 aliphatic carbocycles. The lowest BCUT2D eigenvalue weighted by atomic mass is 9.69. The van der Waals surface area contributed by atoms with E-state index in [-0.39, 0.29) is 5.60 Å². The van der Waals surface area contributed by atoms with Gasteiger partial charge in [0.1, 0.15) is 5.60 Å². The molecule has 2 aliphatic rings. The number of rotatable bonds is 0. The summed E-state index contributed by atoms with van der Waals surface area (Å²) in [5, 5.41) is 0. The van der Waals surface area contributed by atoms with Gasteiger partial charge >= 0.3 is 0 Å². The van der Waals surface area contributed by atoms with Crippen LogP contribution in [-0.4, -0.2) is 6.61 Å². The number of benzene rings is 1. The Morgan fingerprint density at radius 1 is 1.07 bits per heavy atom. The summed E-state index contributed by atoms with van der Waals surface area (Å²) in [5.41, 5.74) is 3.37. The molecule has 1 aliphatic heterocycles. The Balaban J connectivity index is 2.20. The number of hydrogen-bond donors (Lipinski definition) is 0. The lowest BCUT2D eigenvalue weighted by Crippen LogP contribution is -2.30. The van der Waals surface area contributed by atoms with Crippen molar-refractivity contribution in [3.63, 3.8) is 0 Å². The first-order chi connectivity index (χ1) is 6.64. The van der Waals surface area contributed by atoms with Crippen LogP contribution in [0.2, 0.25) is 0 Å². The van der Waals surface area contributed by atoms with Gasteiger partial charge < -0.3 is 4.74 Å². The quantitative estimate of drug-likeness (QED) is 0.570. The van der Waals surface area contributed by atoms with E-state index in [0.717, 1.165) is 6.61 Å². The van der Waals surface area contributed by atoms with Gasteiger partial charge in [-0.3, -0.25) is 0 Å². The molecule has 1 heterocycles. The fraction of sp³-hybridized carbons (Fsp3) is 0.538. The molecule has 0 aromatic heterocycles. The van der Waals surface area contributed by atoms with Crippen molar-refractivity contribution in [2.75, 3.05) is 6.61 Å². The summed E-state index contributed by atoms with van der Waals surface area (Å²) in [6, 6.07) is 8.77. The van der Waals surface area contributed by atoms with Crippen LogP contribution in [0.25, 0.3) is 0 Å². The van der Waals surface area contributed by atoms with Gasteiger partial charge in [0, 0.05) is 0 Å². The second-order valence-electron chi connectivity index (χ2n) is 5.21. The average Bonchev–Trinajstić information content (AvgIpc) is 2.95. The number of epoxide rings is 1. The van der Waals surface area contributed by atoms with Crippen LogP contribution in [-0.2, 0) is 15.8 Å². The van der Waals surface area contributed by atoms with Gasteiger partial charge in [0.15, 0.2) is 0 Å². The zero-order valence-electron chi connectivity index (χ0n) is 8.84. The Labute approximate surface area is 85.1 Å². The summed E-state index contributed by atoms with van der Waals surface area (Å²) in [4.78, 5) is 0. The van der Waals surface area contributed by atoms with Crippen molar-refractivity contribution in [3.05, 3.63) is 35.4 Å². The molecule has 3 rings (SSSR count). The van der Waals surface area contributed by atoms with E-state index in [1.165, 1.54) is 24.0 Å². The fourth-order valence-corrected chi connectivity index (χ4v) is 2.64. The van der Waals surface area contributed by atoms with Crippen LogP contribution in [0.4, 0.5) is 0 Å². The fourth-order valence-electron chi connectivity index (χ4n) is 2.64. The molecule has 1 saturated heterocycles. The molecule has 0 saturated carbocycles. The summed E-state index contributed by atoms with van der Waals surface area (Å²) in [7, 11) is 0. The zero-order valence-corrected chi connectivity index (χ0v) is 8.84. The summed E-state index contributed by atoms with van der Waals surface area (Å²) in [5.74, 6) is 0. The number of fused-ring (bicyclic) bond motifs is 2. The van der Waals surface area contributed by atoms with Gasteiger partial charge in [0.25, 0.3) is 0 Å². The maximum atomic E-state index is 5.66. The van der Waals surface area contributed by atoms with E-state index in [2.05, 4.69) is 38.1 Å². The first-order valence-corrected chi connectivity index (χ1v) is 5.38. The molecule has 1 heteroatoms. The maximum Gasteiger partial charge on any atom is 0.117 e. The average molecular weight is 188 g/mol. The van der Waals surface area contributed by atoms with Gasteiger partial charge in [-0.2, -0.15) is 0 Å². The third-order valence-electron chi connectivity index (χ3n) is 3.79. The predicted octanol–water partition coefficient (Wildman–Crippen LogP) is 2.98. The van der Waals surface area contributed by atoms with E-state index >= 15 is 0 Å². The van der Waals surface area contributed by atoms with Crippen LogP contribution in [0.3, 0.4) is 0 Å². The Kier molecular flexibility index (Phi) is 1.46. The van der Waals surface area contributed by atoms with E-state index < -0.39 is 0 Å². The van der Waals surface area contributed by atoms with Gasteiger partial charge in [-0.05, 0) is 29.4 Å². The van der Waals surface area contributed by atoms with Crippen molar-refractivity contribution in [2.24, 2.45) is 0 Å². The van der Waals surface area contributed by atoms with Crippen molar-refractivity contribution in [1.29, 1.82) is 0 Å². The monoisotopic (exact) mass is 188 g/mol. The first kappa shape index (κ1) is 8.49. The van der Waals surface area contributed by atoms with Gasteiger partial charge in [0.2, 0.25) is 0 Å². The van der Waals surface area contributed by atoms with E-state index in [4.69, 9.17) is 4.74 Å². The Hall–Kier alpha value is -0.820. The highest BCUT2D eigenvalue weighted by atomic mass is 16.6. The van der Waals surface area contributed by atoms with Crippen LogP contribution in [0, 0.1) is 0 Å². The van der Waals surface area contributed by atoms with Crippen LogP contribution in [0.5, 0.6) is 0 Å². The third kappa shape index (κ3) is 0.992. The maximum absolute atomic E-state index is 5.66. The van der Waals surface area contributed by atoms with Crippen LogP contribution in [0.1, 0.15) is 37.8 Å². The smallest absolute Gasteiger partial charge is 0.117 e. The molecular formula is C13H16O. The van der Waals surface area contributed by atoms with E-state index in [1.807, 2.05) is 0 Å². The molecule has 1 aromatic rings. The van der Waals surface area contributed by atoms with Crippen LogP contribution >= 0.6 is 0 Å². The highest BCUT2D eigenvalue weighted by molar-refractivity contribution is 5.42. The SMILES string of the molecule is CC1(C)CCC2(CO2)c2ccccc21. The minimum Gasteiger partial charge on any atom is -0.364 e. The minimum atomic E-state index is 0.117. The Morgan fingerprint density at radius 2 is 1.71 bits per heavy atom. The molecule has 1 atom stereocenters. The molecular weight excluding hydrogens is 172 g/mol. The second-order valence-corrected chi connectivity index (χ2v) is 5.21. The van der Waals surface area contributed by atoms with Crippen molar-refractivity contribution in [2.45, 2.75) is 37.7 Å². The number of hydrogen-bond acceptors (Lipinski definition) is 1. The highest BCUT2D eigenvalue weighted by Gasteiger charge is 2.52. The molecule has 1 spiro atoms. The third-order valence-corrected chi connectivity index (χ3v) is 3.79. The van der Waals surface area contributed by atoms with Crippen molar-refractivity contribution >= 4 is 0 Å². The van der Waals surface area contributed by atoms with Crippen LogP contribution in [0.15, 0.2) is 24.3 Å². The first-order valence-electron chi connectivity index (χ1n) is 5.38. The molecule has 1 aromatic carbocycles. The van der Waals surface area contributed by atoms with Gasteiger partial charge in [-0.25, -0.2) is 0 Å². The van der Waals surface area contributed by atoms with Crippen molar-refractivity contribution in [1.82, 2.24) is 0 Å². The largest absolute Gasteiger partial charge is 0.364 e. The predicted molar refractivity (Wildman–Crippen MR) is 56.3 cm³/mol. The summed E-state index contributed by atoms with van der Waals surface area (Å²) >= 11 is 0. The standard InChI is InChI=1S/C13H16O/c1-12(2)7-8-13(9-14-13)11-6-4-3-5-10(11)12/h3-6H,7-9H2,1-2H3. The van der Waals surface area contributed by atoms with E-state index in [0.29, 0.717) is 5.41 Å². The molecule has 74 valence electrons. The molecule has 0 amide bonds. The summed E-state index contributed by atoms with van der Waals surface area (Å²) in [6.07, 6.45) is 2.43. The summed E-state index contributed by atoms with van der Waals surface area (Å²) in [6.45, 7) is 5.60. The van der Waals surface area contributed by atoms with Crippen molar-refractivity contribution in [3.8, 4) is 0 Å². The lowest BCUT2D eigenvalue weighted by Gasteiger charge is -2.35. The summed E-state index contributed by atoms with van der Waals surface area (Å²) < 4.78 is 5.66. The molecule has 0 radical (unpaired) electrons. The zero-order chi connectivity index (χ0) is 9.81. The Bertz CT molecular complexity index is 350. The van der Waals surface area contributed by atoms with Crippen molar-refractivity contribution < 1.29 is 4.74 Å². The molecule has 0 bridgehead atoms. The lowest BCUT2D eigenvalue weighted by molar-refractivity contribution is 0.244. The molecule has 14 heavy (non-hydrogen) atoms. The highest BCUT2D eigenvalue weighted by Crippen LogP contribution is 2.52. The minimum absolute atomic E-state index is 0.117. The molecule has 1 nitrogen and oxygen atoms in total. The van der Waals surface area contributed by atoms with Gasteiger partial charge in [-0.15, -0.1) is 0 Å². The molecule has 1 fully saturated rings. The second kappa shape index (κ2) is 2.40. The van der Waals surface area contributed by atoms with Gasteiger partial charge in [0.05, 0.1) is 6.61 Å². The molecule has 1 unspecified atom stereocenters. The number of ether oxygens (including phenoxy) is 1. The van der Waals surface area contributed by atoms with E-state index in [1.54, 1.807) is 0 Å². The topological polar surface area (TPSA) is 12.5 Å². The van der Waals surface area contributed by atoms with E-state index in [9.17, 15) is 0 Å². The molecule has 0 N–H and O–H groups in total. The van der Waals surface area contributed by atoms with Crippen LogP contribution < -0.4 is 0 Å².